The fourth-order valence-corrected chi connectivity index (χ4v) is 10.8. The van der Waals surface area contributed by atoms with Gasteiger partial charge in [0, 0.05) is 0 Å². The molecule has 18 heavy (non-hydrogen) atoms. The van der Waals surface area contributed by atoms with Gasteiger partial charge in [0.15, 0.2) is 0 Å². The summed E-state index contributed by atoms with van der Waals surface area (Å²) in [6, 6.07) is 0. The quantitative estimate of drug-likeness (QED) is 0.425. The van der Waals surface area contributed by atoms with E-state index in [2.05, 4.69) is 20.8 Å². The van der Waals surface area contributed by atoms with E-state index < -0.39 is 15.3 Å². The molecule has 0 aromatic rings. The van der Waals surface area contributed by atoms with Crippen molar-refractivity contribution in [2.75, 3.05) is 17.3 Å². The summed E-state index contributed by atoms with van der Waals surface area (Å²) in [5.41, 5.74) is -3.08. The third-order valence-corrected chi connectivity index (χ3v) is 15.5. The average Bonchev–Trinajstić information content (AvgIpc) is 2.31. The summed E-state index contributed by atoms with van der Waals surface area (Å²) in [7, 11) is -1.37. The first-order valence-corrected chi connectivity index (χ1v) is 12.7. The molecule has 0 aliphatic rings. The van der Waals surface area contributed by atoms with E-state index in [1.54, 1.807) is 0 Å². The van der Waals surface area contributed by atoms with Crippen LogP contribution < -0.4 is 0 Å². The molecule has 0 aromatic heterocycles. The van der Waals surface area contributed by atoms with Crippen molar-refractivity contribution in [1.29, 1.82) is 0 Å². The van der Waals surface area contributed by atoms with E-state index in [9.17, 15) is 9.79 Å². The third-order valence-electron chi connectivity index (χ3n) is 3.55. The minimum atomic E-state index is -3.08. The van der Waals surface area contributed by atoms with E-state index in [1.165, 1.54) is 32.1 Å². The predicted molar refractivity (Wildman–Crippen MR) is 90.3 cm³/mol. The average molecular weight is 314 g/mol. The Bertz CT molecular complexity index is 255. The molecular formula is C13H31O2PS2. The lowest BCUT2D eigenvalue weighted by molar-refractivity contribution is 0.500. The zero-order chi connectivity index (χ0) is 14.1. The van der Waals surface area contributed by atoms with Crippen LogP contribution in [0.15, 0.2) is 0 Å². The van der Waals surface area contributed by atoms with Crippen molar-refractivity contribution in [3.8, 4) is 0 Å². The first kappa shape index (κ1) is 18.9. The standard InChI is InChI=1S/C13H31O2PS2/c1-4-7-9-11-13-18(6-3,16(14,15)17)12-10-8-5-2/h4-13H2,1-3H3,(H2,14,15,17). The third kappa shape index (κ3) is 6.38. The summed E-state index contributed by atoms with van der Waals surface area (Å²) in [5, 5.41) is 0. The predicted octanol–water partition coefficient (Wildman–Crippen LogP) is 4.79. The topological polar surface area (TPSA) is 40.5 Å². The highest BCUT2D eigenvalue weighted by atomic mass is 33.0. The second-order valence-electron chi connectivity index (χ2n) is 4.95. The number of hydrogen-bond acceptors (Lipinski definition) is 1. The van der Waals surface area contributed by atoms with Gasteiger partial charge in [-0.3, -0.25) is 0 Å². The van der Waals surface area contributed by atoms with Crippen molar-refractivity contribution in [3.05, 3.63) is 0 Å². The Morgan fingerprint density at radius 1 is 0.833 bits per heavy atom. The maximum Gasteiger partial charge on any atom is 0.224 e. The number of unbranched alkanes of at least 4 members (excludes halogenated alkanes) is 5. The first-order chi connectivity index (χ1) is 8.43. The van der Waals surface area contributed by atoms with Crippen LogP contribution in [0.5, 0.6) is 0 Å². The molecule has 0 amide bonds. The first-order valence-electron chi connectivity index (χ1n) is 7.25. The number of hydrogen-bond donors (Lipinski definition) is 2. The second-order valence-corrected chi connectivity index (χ2v) is 15.4. The summed E-state index contributed by atoms with van der Waals surface area (Å²) < 4.78 is 0. The largest absolute Gasteiger partial charge is 0.339 e. The molecule has 0 saturated heterocycles. The van der Waals surface area contributed by atoms with Crippen LogP contribution in [-0.4, -0.2) is 27.0 Å². The van der Waals surface area contributed by atoms with E-state index in [4.69, 9.17) is 11.8 Å². The summed E-state index contributed by atoms with van der Waals surface area (Å²) in [6.45, 7) is 6.47. The monoisotopic (exact) mass is 314 g/mol. The molecule has 0 fully saturated rings. The van der Waals surface area contributed by atoms with Crippen LogP contribution in [0.1, 0.15) is 65.7 Å². The van der Waals surface area contributed by atoms with Crippen molar-refractivity contribution in [3.63, 3.8) is 0 Å². The molecule has 2 nitrogen and oxygen atoms in total. The zero-order valence-corrected chi connectivity index (χ0v) is 14.8. The lowest BCUT2D eigenvalue weighted by atomic mass is 10.2. The van der Waals surface area contributed by atoms with Gasteiger partial charge in [0.05, 0.1) is 0 Å². The van der Waals surface area contributed by atoms with Crippen LogP contribution in [-0.2, 0) is 11.8 Å². The van der Waals surface area contributed by atoms with Crippen LogP contribution >= 0.6 is 15.3 Å². The van der Waals surface area contributed by atoms with E-state index in [0.717, 1.165) is 30.1 Å². The fourth-order valence-electron chi connectivity index (χ4n) is 2.21. The van der Waals surface area contributed by atoms with Gasteiger partial charge in [0.1, 0.15) is 0 Å². The van der Waals surface area contributed by atoms with E-state index in [1.807, 2.05) is 0 Å². The summed E-state index contributed by atoms with van der Waals surface area (Å²) >= 11 is 5.10. The van der Waals surface area contributed by atoms with Crippen LogP contribution in [0.2, 0.25) is 0 Å². The van der Waals surface area contributed by atoms with Gasteiger partial charge in [0.2, 0.25) is 5.69 Å². The summed E-state index contributed by atoms with van der Waals surface area (Å²) in [5.74, 6) is 2.82. The van der Waals surface area contributed by atoms with Gasteiger partial charge in [-0.05, 0) is 41.9 Å². The van der Waals surface area contributed by atoms with Crippen molar-refractivity contribution in [2.45, 2.75) is 65.7 Å². The Hall–Kier alpha value is 0.920. The number of rotatable bonds is 11. The highest BCUT2D eigenvalue weighted by molar-refractivity contribution is 8.85. The molecule has 0 spiro atoms. The fraction of sp³-hybridized carbons (Fsp3) is 1.00. The van der Waals surface area contributed by atoms with Gasteiger partial charge in [-0.15, -0.1) is 0 Å². The van der Waals surface area contributed by atoms with E-state index in [0.29, 0.717) is 0 Å². The molecule has 0 radical (unpaired) electrons. The summed E-state index contributed by atoms with van der Waals surface area (Å²) in [4.78, 5) is 20.2. The van der Waals surface area contributed by atoms with Gasteiger partial charge < -0.3 is 9.79 Å². The SMILES string of the molecule is CCCCCCS(CC)(CCCCC)P(O)(O)=S. The van der Waals surface area contributed by atoms with E-state index >= 15 is 0 Å². The Labute approximate surface area is 120 Å². The van der Waals surface area contributed by atoms with Crippen molar-refractivity contribution >= 4 is 27.1 Å². The molecule has 0 aliphatic carbocycles. The van der Waals surface area contributed by atoms with Gasteiger partial charge in [-0.1, -0.05) is 52.9 Å². The Morgan fingerprint density at radius 2 is 1.28 bits per heavy atom. The lowest BCUT2D eigenvalue weighted by Crippen LogP contribution is -2.13. The van der Waals surface area contributed by atoms with Crippen molar-refractivity contribution in [2.24, 2.45) is 0 Å². The lowest BCUT2D eigenvalue weighted by Gasteiger charge is -2.42. The zero-order valence-electron chi connectivity index (χ0n) is 12.2. The second kappa shape index (κ2) is 9.77. The Kier molecular flexibility index (Phi) is 10.3. The molecule has 5 heteroatoms. The van der Waals surface area contributed by atoms with Crippen LogP contribution in [0.25, 0.3) is 0 Å². The van der Waals surface area contributed by atoms with Crippen LogP contribution in [0.4, 0.5) is 0 Å². The highest BCUT2D eigenvalue weighted by Gasteiger charge is 2.34. The molecule has 0 rings (SSSR count). The van der Waals surface area contributed by atoms with E-state index in [-0.39, 0.29) is 0 Å². The van der Waals surface area contributed by atoms with Gasteiger partial charge in [0.25, 0.3) is 0 Å². The molecular weight excluding hydrogens is 283 g/mol. The van der Waals surface area contributed by atoms with Crippen LogP contribution in [0.3, 0.4) is 0 Å². The molecule has 2 N–H and O–H groups in total. The van der Waals surface area contributed by atoms with Gasteiger partial charge in [-0.2, -0.15) is 9.65 Å². The maximum absolute atomic E-state index is 10.1. The maximum atomic E-state index is 10.1. The van der Waals surface area contributed by atoms with Crippen molar-refractivity contribution < 1.29 is 9.79 Å². The summed E-state index contributed by atoms with van der Waals surface area (Å²) in [6.07, 6.45) is 8.24. The van der Waals surface area contributed by atoms with Gasteiger partial charge >= 0.3 is 0 Å². The molecule has 0 aromatic carbocycles. The Morgan fingerprint density at radius 3 is 1.67 bits per heavy atom. The molecule has 1 atom stereocenters. The highest BCUT2D eigenvalue weighted by Crippen LogP contribution is 2.77. The minimum Gasteiger partial charge on any atom is -0.339 e. The Balaban J connectivity index is 4.51. The smallest absolute Gasteiger partial charge is 0.224 e. The normalized spacial score (nSPS) is 17.4. The van der Waals surface area contributed by atoms with Crippen molar-refractivity contribution in [1.82, 2.24) is 0 Å². The molecule has 0 aliphatic heterocycles. The molecule has 112 valence electrons. The van der Waals surface area contributed by atoms with Crippen LogP contribution in [0, 0.1) is 0 Å². The minimum absolute atomic E-state index is 0.882. The van der Waals surface area contributed by atoms with Gasteiger partial charge in [-0.25, -0.2) is 0 Å². The molecule has 0 bridgehead atoms. The molecule has 1 unspecified atom stereocenters. The molecule has 0 saturated carbocycles. The molecule has 0 heterocycles.